The number of aromatic nitrogens is 12. The number of aromatic carboxylic acids is 1. The summed E-state index contributed by atoms with van der Waals surface area (Å²) in [6, 6.07) is 8.96. The fraction of sp³-hybridized carbons (Fsp3) is 0.432. The van der Waals surface area contributed by atoms with Crippen molar-refractivity contribution in [3.63, 3.8) is 0 Å². The maximum absolute atomic E-state index is 12.8. The van der Waals surface area contributed by atoms with Crippen LogP contribution in [0.25, 0.3) is 94.7 Å². The number of carboxylic acids is 1. The van der Waals surface area contributed by atoms with Crippen molar-refractivity contribution in [2.75, 3.05) is 72.6 Å². The van der Waals surface area contributed by atoms with E-state index in [-0.39, 0.29) is 22.7 Å². The Kier molecular flexibility index (Phi) is 22.3. The minimum absolute atomic E-state index is 0.000380. The Morgan fingerprint density at radius 2 is 0.776 bits per heavy atom. The molecule has 3 saturated carbocycles. The molecule has 7 aliphatic rings. The van der Waals surface area contributed by atoms with Crippen LogP contribution in [0.2, 0.25) is 0 Å². The highest BCUT2D eigenvalue weighted by atomic mass is 32.1. The van der Waals surface area contributed by atoms with Crippen LogP contribution in [0.4, 0.5) is 0 Å². The molecular formula is C81H90N16O6S4. The number of carbonyl (C=O) groups is 4. The highest BCUT2D eigenvalue weighted by Gasteiger charge is 2.29. The summed E-state index contributed by atoms with van der Waals surface area (Å²) >= 11 is 5.45. The first-order valence-electron chi connectivity index (χ1n) is 38.3. The Balaban J connectivity index is 0.000000109. The summed E-state index contributed by atoms with van der Waals surface area (Å²) in [4.78, 5) is 107. The number of nitrogens with one attached hydrogen (secondary N) is 4. The Morgan fingerprint density at radius 1 is 0.421 bits per heavy atom. The normalized spacial score (nSPS) is 17.9. The van der Waals surface area contributed by atoms with Gasteiger partial charge >= 0.3 is 5.97 Å². The van der Waals surface area contributed by atoms with Crippen LogP contribution in [0.15, 0.2) is 101 Å². The molecule has 3 amide bonds. The topological polar surface area (TPSA) is 277 Å². The number of piperazine rings is 1. The van der Waals surface area contributed by atoms with E-state index in [1.54, 1.807) is 5.38 Å². The maximum Gasteiger partial charge on any atom is 0.365 e. The van der Waals surface area contributed by atoms with Gasteiger partial charge in [0.1, 0.15) is 22.6 Å². The number of hydrogen-bond acceptors (Lipinski definition) is 18. The first kappa shape index (κ1) is 72.0. The van der Waals surface area contributed by atoms with Gasteiger partial charge in [0.15, 0.2) is 15.0 Å². The molecule has 3 aliphatic heterocycles. The van der Waals surface area contributed by atoms with Crippen LogP contribution in [-0.2, 0) is 4.74 Å². The molecule has 0 radical (unpaired) electrons. The van der Waals surface area contributed by atoms with Gasteiger partial charge in [0.2, 0.25) is 5.01 Å². The molecule has 554 valence electrons. The van der Waals surface area contributed by atoms with Crippen LogP contribution in [0.5, 0.6) is 0 Å². The van der Waals surface area contributed by atoms with Gasteiger partial charge in [-0.05, 0) is 154 Å². The molecule has 5 N–H and O–H groups in total. The molecule has 15 heterocycles. The quantitative estimate of drug-likeness (QED) is 0.0760. The van der Waals surface area contributed by atoms with Crippen molar-refractivity contribution in [2.24, 2.45) is 0 Å². The van der Waals surface area contributed by atoms with Crippen LogP contribution in [0, 0.1) is 0 Å². The van der Waals surface area contributed by atoms with Crippen molar-refractivity contribution in [1.82, 2.24) is 79.4 Å². The lowest BCUT2D eigenvalue weighted by atomic mass is 9.84. The van der Waals surface area contributed by atoms with Crippen molar-refractivity contribution < 1.29 is 29.0 Å². The van der Waals surface area contributed by atoms with Crippen LogP contribution < -0.4 is 0 Å². The minimum atomic E-state index is -0.984. The third kappa shape index (κ3) is 16.2. The molecule has 3 saturated heterocycles. The summed E-state index contributed by atoms with van der Waals surface area (Å²) in [6.45, 7) is 7.53. The summed E-state index contributed by atoms with van der Waals surface area (Å²) in [6.07, 6.45) is 44.3. The third-order valence-corrected chi connectivity index (χ3v) is 25.7. The number of aromatic amines is 4. The van der Waals surface area contributed by atoms with Gasteiger partial charge < -0.3 is 49.4 Å². The number of H-pyrrole nitrogens is 4. The summed E-state index contributed by atoms with van der Waals surface area (Å²) in [5.74, 6) is 0.967. The molecule has 4 aliphatic carbocycles. The van der Waals surface area contributed by atoms with E-state index in [1.807, 2.05) is 80.4 Å². The van der Waals surface area contributed by atoms with Gasteiger partial charge in [-0.1, -0.05) is 63.9 Å². The number of nitrogens with zero attached hydrogens (tertiary/aromatic N) is 12. The SMILES string of the molecule is CN1CCN(C(=O)c2nc(-c3c[nH]c4ncc(C5=CCCC5)cc34)cs2)CC1.O=C(O)c1nc(-c2c[nH]c3ncc(C4CCCCC4)cc23)cs1.O=C(c1nc(-c2c[nH]c3ncc(C4CCCCC4)cc23)cs1)N1CCCCC1.O=C(c1nc(-c2c[nH]c3ncc(C4CCCCC4)cc23)cs1)N1CCOCC1. The average Bonchev–Trinajstić information content (AvgIpc) is 1.69. The number of allylic oxidation sites excluding steroid dienone is 2. The van der Waals surface area contributed by atoms with E-state index in [0.29, 0.717) is 64.8 Å². The zero-order valence-electron chi connectivity index (χ0n) is 60.5. The van der Waals surface area contributed by atoms with Gasteiger partial charge in [-0.25, -0.2) is 44.7 Å². The summed E-state index contributed by atoms with van der Waals surface area (Å²) in [5.41, 5.74) is 17.2. The van der Waals surface area contributed by atoms with Crippen LogP contribution in [0.3, 0.4) is 0 Å². The molecule has 19 rings (SSSR count). The molecule has 0 bridgehead atoms. The lowest BCUT2D eigenvalue weighted by Gasteiger charge is -2.31. The van der Waals surface area contributed by atoms with Crippen molar-refractivity contribution in [1.29, 1.82) is 0 Å². The fourth-order valence-corrected chi connectivity index (χ4v) is 19.3. The van der Waals surface area contributed by atoms with E-state index in [2.05, 4.69) is 97.1 Å². The molecule has 0 aromatic carbocycles. The average molecular weight is 1510 g/mol. The molecule has 22 nitrogen and oxygen atoms in total. The largest absolute Gasteiger partial charge is 0.476 e. The first-order chi connectivity index (χ1) is 52.5. The monoisotopic (exact) mass is 1510 g/mol. The standard InChI is InChI=1S/C22H26N4OS.C21H23N5OS.C21H24N4O2S.C17H17N3O2S/c27-22(26-9-5-2-6-10-26)21-25-19(14-28-21)18-13-24-20-17(18)11-16(12-23-20)15-7-3-1-4-8-15;1-25-6-8-26(9-7-25)21(27)20-24-18(13-28-20)17-12-23-19-16(17)10-15(11-22-19)14-4-2-3-5-14;26-21(25-6-8-27-9-7-25)20-24-18(13-28-20)17-12-23-19-16(17)10-15(11-22-19)14-4-2-1-3-5-14;21-17(22)16-20-14(9-23-16)13-8-19-15-12(13)6-11(7-18-15)10-4-2-1-3-5-10/h11-15H,1-10H2,(H,23,24);4,10-13H,2-3,5-9H2,1H3,(H,22,23);10-14H,1-9H2,(H,22,23);6-10H,1-5H2,(H,18,19)(H,21,22). The third-order valence-electron chi connectivity index (χ3n) is 22.4. The van der Waals surface area contributed by atoms with Gasteiger partial charge in [-0.3, -0.25) is 14.4 Å². The summed E-state index contributed by atoms with van der Waals surface area (Å²) < 4.78 is 5.34. The second kappa shape index (κ2) is 33.1. The number of morpholine rings is 1. The summed E-state index contributed by atoms with van der Waals surface area (Å²) in [7, 11) is 2.09. The molecule has 6 fully saturated rings. The molecule has 12 aromatic rings. The Labute approximate surface area is 637 Å². The number of carboxylic acid groups (broad SMARTS) is 1. The van der Waals surface area contributed by atoms with E-state index in [0.717, 1.165) is 160 Å². The predicted molar refractivity (Wildman–Crippen MR) is 425 cm³/mol. The van der Waals surface area contributed by atoms with E-state index >= 15 is 0 Å². The number of likely N-dealkylation sites (tertiary alicyclic amines) is 1. The molecule has 0 atom stereocenters. The van der Waals surface area contributed by atoms with Gasteiger partial charge in [-0.2, -0.15) is 0 Å². The number of rotatable bonds is 12. The number of hydrogen-bond donors (Lipinski definition) is 5. The van der Waals surface area contributed by atoms with Gasteiger partial charge in [-0.15, -0.1) is 45.3 Å². The Hall–Kier alpha value is -9.18. The smallest absolute Gasteiger partial charge is 0.365 e. The molecule has 107 heavy (non-hydrogen) atoms. The lowest BCUT2D eigenvalue weighted by Crippen LogP contribution is -2.47. The second-order valence-electron chi connectivity index (χ2n) is 29.4. The Bertz CT molecular complexity index is 4990. The van der Waals surface area contributed by atoms with Crippen LogP contribution in [0.1, 0.15) is 214 Å². The zero-order valence-corrected chi connectivity index (χ0v) is 63.7. The van der Waals surface area contributed by atoms with Crippen molar-refractivity contribution in [2.45, 2.75) is 153 Å². The number of fused-ring (bicyclic) bond motifs is 4. The van der Waals surface area contributed by atoms with E-state index in [1.165, 1.54) is 171 Å². The number of amides is 3. The van der Waals surface area contributed by atoms with Crippen molar-refractivity contribution in [3.8, 4) is 45.0 Å². The van der Waals surface area contributed by atoms with Gasteiger partial charge in [0.05, 0.1) is 36.0 Å². The molecule has 12 aromatic heterocycles. The zero-order chi connectivity index (χ0) is 72.7. The maximum atomic E-state index is 12.8. The van der Waals surface area contributed by atoms with Gasteiger partial charge in [0, 0.05) is 167 Å². The lowest BCUT2D eigenvalue weighted by molar-refractivity contribution is 0.0302. The van der Waals surface area contributed by atoms with Crippen LogP contribution >= 0.6 is 45.3 Å². The minimum Gasteiger partial charge on any atom is -0.476 e. The van der Waals surface area contributed by atoms with E-state index < -0.39 is 5.97 Å². The predicted octanol–water partition coefficient (Wildman–Crippen LogP) is 17.6. The number of likely N-dealkylation sites (N-methyl/N-ethyl adjacent to an activating group) is 1. The number of thiazole rings is 4. The molecule has 0 unspecified atom stereocenters. The Morgan fingerprint density at radius 3 is 1.16 bits per heavy atom. The van der Waals surface area contributed by atoms with Crippen molar-refractivity contribution in [3.05, 3.63) is 144 Å². The second-order valence-corrected chi connectivity index (χ2v) is 32.8. The number of piperidine rings is 1. The molecule has 26 heteroatoms. The number of pyridine rings is 4. The fourth-order valence-electron chi connectivity index (χ4n) is 16.3. The highest BCUT2D eigenvalue weighted by Crippen LogP contribution is 2.41. The summed E-state index contributed by atoms with van der Waals surface area (Å²) in [5, 5.41) is 22.9. The van der Waals surface area contributed by atoms with Crippen molar-refractivity contribution >= 4 is 119 Å². The van der Waals surface area contributed by atoms with Crippen LogP contribution in [-0.4, -0.2) is 181 Å². The van der Waals surface area contributed by atoms with Gasteiger partial charge in [0.25, 0.3) is 17.7 Å². The van der Waals surface area contributed by atoms with E-state index in [9.17, 15) is 19.2 Å². The molecular weight excluding hydrogens is 1420 g/mol. The molecule has 0 spiro atoms. The highest BCUT2D eigenvalue weighted by molar-refractivity contribution is 7.13. The first-order valence-corrected chi connectivity index (χ1v) is 41.8. The number of ether oxygens (including phenoxy) is 1. The van der Waals surface area contributed by atoms with E-state index in [4.69, 9.17) is 14.8 Å². The number of carbonyl (C=O) groups excluding carboxylic acids is 3.